The number of rotatable bonds is 6. The van der Waals surface area contributed by atoms with Crippen LogP contribution in [0.5, 0.6) is 0 Å². The van der Waals surface area contributed by atoms with Crippen molar-refractivity contribution in [2.45, 2.75) is 32.0 Å². The minimum absolute atomic E-state index is 0.0858. The van der Waals surface area contributed by atoms with E-state index in [9.17, 15) is 9.90 Å². The van der Waals surface area contributed by atoms with Gasteiger partial charge in [-0.25, -0.2) is 0 Å². The predicted octanol–water partition coefficient (Wildman–Crippen LogP) is 1.48. The quantitative estimate of drug-likeness (QED) is 0.817. The number of aliphatic hydroxyl groups excluding tert-OH is 1. The van der Waals surface area contributed by atoms with Gasteiger partial charge in [-0.15, -0.1) is 0 Å². The van der Waals surface area contributed by atoms with E-state index >= 15 is 0 Å². The summed E-state index contributed by atoms with van der Waals surface area (Å²) in [7, 11) is 0. The van der Waals surface area contributed by atoms with Gasteiger partial charge in [0.1, 0.15) is 6.61 Å². The SMILES string of the molecule is O=C(COCc1ccccc1)NCC1CCC(O)C1. The summed E-state index contributed by atoms with van der Waals surface area (Å²) < 4.78 is 5.36. The van der Waals surface area contributed by atoms with Crippen molar-refractivity contribution >= 4 is 5.91 Å². The molecule has 1 amide bonds. The van der Waals surface area contributed by atoms with Crippen molar-refractivity contribution in [3.63, 3.8) is 0 Å². The summed E-state index contributed by atoms with van der Waals surface area (Å²) >= 11 is 0. The molecular formula is C15H21NO3. The molecule has 4 heteroatoms. The Balaban J connectivity index is 1.57. The summed E-state index contributed by atoms with van der Waals surface area (Å²) in [6.07, 6.45) is 2.46. The Labute approximate surface area is 113 Å². The Hall–Kier alpha value is -1.39. The molecule has 2 unspecified atom stereocenters. The van der Waals surface area contributed by atoms with Gasteiger partial charge in [-0.3, -0.25) is 4.79 Å². The van der Waals surface area contributed by atoms with Crippen LogP contribution in [0.4, 0.5) is 0 Å². The molecule has 0 spiro atoms. The van der Waals surface area contributed by atoms with Gasteiger partial charge in [-0.2, -0.15) is 0 Å². The number of benzene rings is 1. The summed E-state index contributed by atoms with van der Waals surface area (Å²) in [6, 6.07) is 9.79. The number of hydrogen-bond acceptors (Lipinski definition) is 3. The van der Waals surface area contributed by atoms with Crippen molar-refractivity contribution in [1.29, 1.82) is 0 Å². The van der Waals surface area contributed by atoms with E-state index in [2.05, 4.69) is 5.32 Å². The molecule has 104 valence electrons. The molecule has 1 aliphatic carbocycles. The van der Waals surface area contributed by atoms with Gasteiger partial charge in [-0.1, -0.05) is 30.3 Å². The molecule has 2 atom stereocenters. The zero-order chi connectivity index (χ0) is 13.5. The van der Waals surface area contributed by atoms with Gasteiger partial charge < -0.3 is 15.2 Å². The van der Waals surface area contributed by atoms with Crippen LogP contribution in [0.15, 0.2) is 30.3 Å². The molecule has 0 heterocycles. The van der Waals surface area contributed by atoms with Crippen LogP contribution in [0.2, 0.25) is 0 Å². The Bertz CT molecular complexity index is 394. The van der Waals surface area contributed by atoms with Crippen molar-refractivity contribution in [2.24, 2.45) is 5.92 Å². The van der Waals surface area contributed by atoms with Crippen molar-refractivity contribution in [3.05, 3.63) is 35.9 Å². The van der Waals surface area contributed by atoms with Crippen LogP contribution in [0.25, 0.3) is 0 Å². The number of amides is 1. The molecule has 2 N–H and O–H groups in total. The normalized spacial score (nSPS) is 22.4. The number of nitrogens with one attached hydrogen (secondary N) is 1. The summed E-state index contributed by atoms with van der Waals surface area (Å²) in [4.78, 5) is 11.6. The lowest BCUT2D eigenvalue weighted by atomic mass is 10.1. The molecule has 1 aliphatic rings. The van der Waals surface area contributed by atoms with Crippen LogP contribution in [0, 0.1) is 5.92 Å². The fourth-order valence-corrected chi connectivity index (χ4v) is 2.38. The lowest BCUT2D eigenvalue weighted by molar-refractivity contribution is -0.126. The van der Waals surface area contributed by atoms with Crippen molar-refractivity contribution in [3.8, 4) is 0 Å². The van der Waals surface area contributed by atoms with Crippen LogP contribution in [-0.4, -0.2) is 30.3 Å². The summed E-state index contributed by atoms with van der Waals surface area (Å²) in [6.45, 7) is 1.19. The minimum atomic E-state index is -0.184. The molecule has 0 aliphatic heterocycles. The summed E-state index contributed by atoms with van der Waals surface area (Å²) in [5.41, 5.74) is 1.06. The highest BCUT2D eigenvalue weighted by molar-refractivity contribution is 5.77. The van der Waals surface area contributed by atoms with Crippen molar-refractivity contribution in [1.82, 2.24) is 5.32 Å². The topological polar surface area (TPSA) is 58.6 Å². The van der Waals surface area contributed by atoms with Crippen LogP contribution < -0.4 is 5.32 Å². The average Bonchev–Trinajstić information content (AvgIpc) is 2.83. The molecule has 19 heavy (non-hydrogen) atoms. The van der Waals surface area contributed by atoms with E-state index in [-0.39, 0.29) is 18.6 Å². The highest BCUT2D eigenvalue weighted by Gasteiger charge is 2.22. The third-order valence-corrected chi connectivity index (χ3v) is 3.45. The monoisotopic (exact) mass is 263 g/mol. The largest absolute Gasteiger partial charge is 0.393 e. The molecule has 0 saturated heterocycles. The predicted molar refractivity (Wildman–Crippen MR) is 72.5 cm³/mol. The van der Waals surface area contributed by atoms with Gasteiger partial charge in [0.15, 0.2) is 0 Å². The first-order valence-corrected chi connectivity index (χ1v) is 6.80. The summed E-state index contributed by atoms with van der Waals surface area (Å²) in [5, 5.41) is 12.3. The number of carbonyl (C=O) groups is 1. The van der Waals surface area contributed by atoms with E-state index in [0.29, 0.717) is 19.1 Å². The fraction of sp³-hybridized carbons (Fsp3) is 0.533. The van der Waals surface area contributed by atoms with Gasteiger partial charge >= 0.3 is 0 Å². The second-order valence-corrected chi connectivity index (χ2v) is 5.12. The maximum Gasteiger partial charge on any atom is 0.246 e. The molecule has 0 aromatic heterocycles. The van der Waals surface area contributed by atoms with Crippen molar-refractivity contribution < 1.29 is 14.6 Å². The molecule has 1 aromatic rings. The fourth-order valence-electron chi connectivity index (χ4n) is 2.38. The Morgan fingerprint density at radius 1 is 1.32 bits per heavy atom. The molecule has 2 rings (SSSR count). The minimum Gasteiger partial charge on any atom is -0.393 e. The van der Waals surface area contributed by atoms with Crippen LogP contribution in [-0.2, 0) is 16.1 Å². The zero-order valence-electron chi connectivity index (χ0n) is 11.0. The second kappa shape index (κ2) is 7.26. The Kier molecular flexibility index (Phi) is 5.36. The lowest BCUT2D eigenvalue weighted by Gasteiger charge is -2.11. The zero-order valence-corrected chi connectivity index (χ0v) is 11.0. The Morgan fingerprint density at radius 2 is 2.11 bits per heavy atom. The second-order valence-electron chi connectivity index (χ2n) is 5.12. The molecule has 1 fully saturated rings. The molecular weight excluding hydrogens is 242 g/mol. The third-order valence-electron chi connectivity index (χ3n) is 3.45. The molecule has 1 saturated carbocycles. The number of aliphatic hydroxyl groups is 1. The third kappa shape index (κ3) is 5.01. The number of ether oxygens (including phenoxy) is 1. The van der Waals surface area contributed by atoms with E-state index in [4.69, 9.17) is 4.74 Å². The summed E-state index contributed by atoms with van der Waals surface area (Å²) in [5.74, 6) is 0.324. The molecule has 4 nitrogen and oxygen atoms in total. The van der Waals surface area contributed by atoms with E-state index in [1.165, 1.54) is 0 Å². The van der Waals surface area contributed by atoms with Gasteiger partial charge in [0.05, 0.1) is 12.7 Å². The first-order chi connectivity index (χ1) is 9.24. The van der Waals surface area contributed by atoms with E-state index < -0.39 is 0 Å². The highest BCUT2D eigenvalue weighted by Crippen LogP contribution is 2.24. The lowest BCUT2D eigenvalue weighted by Crippen LogP contribution is -2.31. The van der Waals surface area contributed by atoms with E-state index in [0.717, 1.165) is 24.8 Å². The smallest absolute Gasteiger partial charge is 0.246 e. The van der Waals surface area contributed by atoms with Gasteiger partial charge in [0, 0.05) is 6.54 Å². The average molecular weight is 263 g/mol. The first kappa shape index (κ1) is 14.0. The van der Waals surface area contributed by atoms with Gasteiger partial charge in [0.25, 0.3) is 0 Å². The Morgan fingerprint density at radius 3 is 2.79 bits per heavy atom. The van der Waals surface area contributed by atoms with E-state index in [1.807, 2.05) is 30.3 Å². The van der Waals surface area contributed by atoms with Crippen LogP contribution in [0.1, 0.15) is 24.8 Å². The van der Waals surface area contributed by atoms with Crippen molar-refractivity contribution in [2.75, 3.05) is 13.2 Å². The van der Waals surface area contributed by atoms with Gasteiger partial charge in [0.2, 0.25) is 5.91 Å². The van der Waals surface area contributed by atoms with E-state index in [1.54, 1.807) is 0 Å². The standard InChI is InChI=1S/C15H21NO3/c17-14-7-6-13(8-14)9-16-15(18)11-19-10-12-4-2-1-3-5-12/h1-5,13-14,17H,6-11H2,(H,16,18). The van der Waals surface area contributed by atoms with Crippen LogP contribution in [0.3, 0.4) is 0 Å². The number of carbonyl (C=O) groups excluding carboxylic acids is 1. The maximum absolute atomic E-state index is 11.6. The molecule has 0 bridgehead atoms. The van der Waals surface area contributed by atoms with Gasteiger partial charge in [-0.05, 0) is 30.7 Å². The molecule has 1 aromatic carbocycles. The molecule has 0 radical (unpaired) electrons. The first-order valence-electron chi connectivity index (χ1n) is 6.80. The number of hydrogen-bond donors (Lipinski definition) is 2. The highest BCUT2D eigenvalue weighted by atomic mass is 16.5. The van der Waals surface area contributed by atoms with Crippen LogP contribution >= 0.6 is 0 Å². The maximum atomic E-state index is 11.6.